The van der Waals surface area contributed by atoms with Crippen molar-refractivity contribution in [2.75, 3.05) is 18.9 Å². The van der Waals surface area contributed by atoms with Crippen LogP contribution in [-0.2, 0) is 0 Å². The summed E-state index contributed by atoms with van der Waals surface area (Å²) >= 11 is 0. The van der Waals surface area contributed by atoms with E-state index in [-0.39, 0.29) is 11.9 Å². The lowest BCUT2D eigenvalue weighted by Gasteiger charge is -2.21. The van der Waals surface area contributed by atoms with Crippen LogP contribution in [0.4, 0.5) is 5.95 Å². The van der Waals surface area contributed by atoms with Gasteiger partial charge in [0.2, 0.25) is 5.95 Å². The van der Waals surface area contributed by atoms with Gasteiger partial charge in [0.05, 0.1) is 0 Å². The van der Waals surface area contributed by atoms with E-state index in [0.717, 1.165) is 12.2 Å². The second kappa shape index (κ2) is 5.61. The predicted octanol–water partition coefficient (Wildman–Crippen LogP) is 1.70. The smallest absolute Gasteiger partial charge is 0.272 e. The summed E-state index contributed by atoms with van der Waals surface area (Å²) in [6.07, 6.45) is 0. The van der Waals surface area contributed by atoms with Crippen molar-refractivity contribution in [3.05, 3.63) is 17.5 Å². The normalized spacial score (nSPS) is 10.5. The molecule has 0 saturated heterocycles. The molecule has 5 heteroatoms. The Bertz CT molecular complexity index is 403. The minimum absolute atomic E-state index is 0.0790. The van der Waals surface area contributed by atoms with Gasteiger partial charge in [0.1, 0.15) is 5.69 Å². The van der Waals surface area contributed by atoms with Crippen molar-refractivity contribution in [1.29, 1.82) is 0 Å². The number of nitrogens with one attached hydrogen (secondary N) is 1. The first-order valence-electron chi connectivity index (χ1n) is 5.82. The van der Waals surface area contributed by atoms with Gasteiger partial charge >= 0.3 is 0 Å². The SMILES string of the molecule is CCNc1nc(C)cc(C(=O)N(C)C(C)C)n1. The number of hydrogen-bond donors (Lipinski definition) is 1. The fourth-order valence-electron chi connectivity index (χ4n) is 1.33. The van der Waals surface area contributed by atoms with Crippen LogP contribution in [0.5, 0.6) is 0 Å². The minimum atomic E-state index is -0.0790. The Morgan fingerprint density at radius 1 is 1.47 bits per heavy atom. The standard InChI is InChI=1S/C12H20N4O/c1-6-13-12-14-9(4)7-10(15-12)11(17)16(5)8(2)3/h7-8H,6H2,1-5H3,(H,13,14,15). The Labute approximate surface area is 102 Å². The van der Waals surface area contributed by atoms with Gasteiger partial charge in [-0.15, -0.1) is 0 Å². The second-order valence-corrected chi connectivity index (χ2v) is 4.26. The van der Waals surface area contributed by atoms with Crippen LogP contribution < -0.4 is 5.32 Å². The van der Waals surface area contributed by atoms with E-state index in [1.807, 2.05) is 27.7 Å². The molecule has 17 heavy (non-hydrogen) atoms. The number of amides is 1. The molecule has 0 spiro atoms. The third kappa shape index (κ3) is 3.41. The number of carbonyl (C=O) groups excluding carboxylic acids is 1. The Morgan fingerprint density at radius 3 is 2.65 bits per heavy atom. The van der Waals surface area contributed by atoms with Crippen LogP contribution in [0.15, 0.2) is 6.07 Å². The first-order chi connectivity index (χ1) is 7.95. The summed E-state index contributed by atoms with van der Waals surface area (Å²) in [5.41, 5.74) is 1.22. The molecule has 5 nitrogen and oxygen atoms in total. The highest BCUT2D eigenvalue weighted by atomic mass is 16.2. The van der Waals surface area contributed by atoms with Crippen LogP contribution in [0, 0.1) is 6.92 Å². The fraction of sp³-hybridized carbons (Fsp3) is 0.583. The summed E-state index contributed by atoms with van der Waals surface area (Å²) in [6.45, 7) is 8.49. The maximum absolute atomic E-state index is 12.1. The van der Waals surface area contributed by atoms with Crippen LogP contribution >= 0.6 is 0 Å². The second-order valence-electron chi connectivity index (χ2n) is 4.26. The van der Waals surface area contributed by atoms with E-state index in [1.54, 1.807) is 18.0 Å². The molecule has 0 aliphatic heterocycles. The molecule has 1 aromatic heterocycles. The van der Waals surface area contributed by atoms with Gasteiger partial charge in [0.25, 0.3) is 5.91 Å². The third-order valence-electron chi connectivity index (χ3n) is 2.50. The Morgan fingerprint density at radius 2 is 2.12 bits per heavy atom. The zero-order valence-electron chi connectivity index (χ0n) is 11.1. The fourth-order valence-corrected chi connectivity index (χ4v) is 1.33. The molecule has 0 atom stereocenters. The molecular formula is C12H20N4O. The molecule has 1 aromatic rings. The number of aromatic nitrogens is 2. The van der Waals surface area contributed by atoms with Gasteiger partial charge in [-0.3, -0.25) is 4.79 Å². The van der Waals surface area contributed by atoms with Gasteiger partial charge in [-0.2, -0.15) is 0 Å². The van der Waals surface area contributed by atoms with Gasteiger partial charge in [-0.05, 0) is 33.8 Å². The molecule has 0 fully saturated rings. The molecule has 94 valence electrons. The number of rotatable bonds is 4. The first-order valence-corrected chi connectivity index (χ1v) is 5.82. The van der Waals surface area contributed by atoms with Crippen molar-refractivity contribution >= 4 is 11.9 Å². The number of nitrogens with zero attached hydrogens (tertiary/aromatic N) is 3. The third-order valence-corrected chi connectivity index (χ3v) is 2.50. The van der Waals surface area contributed by atoms with Gasteiger partial charge in [-0.25, -0.2) is 9.97 Å². The monoisotopic (exact) mass is 236 g/mol. The van der Waals surface area contributed by atoms with Gasteiger partial charge in [0, 0.05) is 25.3 Å². The molecule has 0 aromatic carbocycles. The van der Waals surface area contributed by atoms with Crippen molar-refractivity contribution in [2.45, 2.75) is 33.7 Å². The van der Waals surface area contributed by atoms with E-state index in [0.29, 0.717) is 11.6 Å². The zero-order valence-corrected chi connectivity index (χ0v) is 11.1. The van der Waals surface area contributed by atoms with Crippen LogP contribution in [0.1, 0.15) is 37.0 Å². The lowest BCUT2D eigenvalue weighted by atomic mass is 10.2. The quantitative estimate of drug-likeness (QED) is 0.864. The van der Waals surface area contributed by atoms with Crippen molar-refractivity contribution in [3.63, 3.8) is 0 Å². The highest BCUT2D eigenvalue weighted by Crippen LogP contribution is 2.08. The molecule has 0 radical (unpaired) electrons. The van der Waals surface area contributed by atoms with Crippen molar-refractivity contribution in [1.82, 2.24) is 14.9 Å². The summed E-state index contributed by atoms with van der Waals surface area (Å²) in [6, 6.07) is 1.86. The molecule has 1 heterocycles. The van der Waals surface area contributed by atoms with Gasteiger partial charge in [0.15, 0.2) is 0 Å². The highest BCUT2D eigenvalue weighted by Gasteiger charge is 2.17. The van der Waals surface area contributed by atoms with E-state index in [9.17, 15) is 4.79 Å². The minimum Gasteiger partial charge on any atom is -0.354 e. The topological polar surface area (TPSA) is 58.1 Å². The molecule has 1 N–H and O–H groups in total. The molecule has 0 aliphatic rings. The van der Waals surface area contributed by atoms with Crippen molar-refractivity contribution in [2.24, 2.45) is 0 Å². The van der Waals surface area contributed by atoms with E-state index < -0.39 is 0 Å². The molecule has 0 unspecified atom stereocenters. The van der Waals surface area contributed by atoms with Crippen LogP contribution in [-0.4, -0.2) is 40.4 Å². The Balaban J connectivity index is 3.01. The van der Waals surface area contributed by atoms with E-state index >= 15 is 0 Å². The molecule has 0 aliphatic carbocycles. The van der Waals surface area contributed by atoms with E-state index in [4.69, 9.17) is 0 Å². The van der Waals surface area contributed by atoms with E-state index in [2.05, 4.69) is 15.3 Å². The number of hydrogen-bond acceptors (Lipinski definition) is 4. The zero-order chi connectivity index (χ0) is 13.0. The maximum Gasteiger partial charge on any atom is 0.272 e. The molecule has 0 bridgehead atoms. The summed E-state index contributed by atoms with van der Waals surface area (Å²) < 4.78 is 0. The molecule has 1 amide bonds. The first kappa shape index (κ1) is 13.4. The van der Waals surface area contributed by atoms with Crippen LogP contribution in [0.2, 0.25) is 0 Å². The molecule has 0 saturated carbocycles. The average Bonchev–Trinajstić information content (AvgIpc) is 2.26. The Kier molecular flexibility index (Phi) is 4.43. The van der Waals surface area contributed by atoms with Crippen molar-refractivity contribution in [3.8, 4) is 0 Å². The summed E-state index contributed by atoms with van der Waals surface area (Å²) in [5.74, 6) is 0.428. The lowest BCUT2D eigenvalue weighted by molar-refractivity contribution is 0.0749. The Hall–Kier alpha value is -1.65. The lowest BCUT2D eigenvalue weighted by Crippen LogP contribution is -2.33. The van der Waals surface area contributed by atoms with Gasteiger partial charge < -0.3 is 10.2 Å². The number of aryl methyl sites for hydroxylation is 1. The maximum atomic E-state index is 12.1. The largest absolute Gasteiger partial charge is 0.354 e. The average molecular weight is 236 g/mol. The van der Waals surface area contributed by atoms with Crippen LogP contribution in [0.3, 0.4) is 0 Å². The number of carbonyl (C=O) groups is 1. The van der Waals surface area contributed by atoms with E-state index in [1.165, 1.54) is 0 Å². The highest BCUT2D eigenvalue weighted by molar-refractivity contribution is 5.92. The summed E-state index contributed by atoms with van der Waals surface area (Å²) in [4.78, 5) is 22.2. The number of anilines is 1. The summed E-state index contributed by atoms with van der Waals surface area (Å²) in [7, 11) is 1.78. The molecule has 1 rings (SSSR count). The molecular weight excluding hydrogens is 216 g/mol. The summed E-state index contributed by atoms with van der Waals surface area (Å²) in [5, 5.41) is 3.02. The predicted molar refractivity (Wildman–Crippen MR) is 68.2 cm³/mol. The van der Waals surface area contributed by atoms with Crippen molar-refractivity contribution < 1.29 is 4.79 Å². The van der Waals surface area contributed by atoms with Crippen LogP contribution in [0.25, 0.3) is 0 Å². The van der Waals surface area contributed by atoms with Gasteiger partial charge in [-0.1, -0.05) is 0 Å².